The molecule has 0 aliphatic heterocycles. The van der Waals surface area contributed by atoms with Gasteiger partial charge in [0.2, 0.25) is 11.8 Å². The number of hydrogen-bond donors (Lipinski definition) is 2. The molecule has 21 heavy (non-hydrogen) atoms. The molecule has 0 unspecified atom stereocenters. The Hall–Kier alpha value is -2.58. The zero-order valence-corrected chi connectivity index (χ0v) is 10.9. The predicted molar refractivity (Wildman–Crippen MR) is 66.7 cm³/mol. The highest BCUT2D eigenvalue weighted by Gasteiger charge is 2.35. The number of aromatic nitrogens is 3. The third kappa shape index (κ3) is 4.20. The Kier molecular flexibility index (Phi) is 4.10. The number of amides is 1. The summed E-state index contributed by atoms with van der Waals surface area (Å²) in [4.78, 5) is 14.6. The summed E-state index contributed by atoms with van der Waals surface area (Å²) in [6.45, 7) is 1.50. The van der Waals surface area contributed by atoms with Crippen molar-refractivity contribution in [3.8, 4) is 5.75 Å². The molecule has 112 valence electrons. The SMILES string of the molecule is Cc1cccc(OCC(=O)Nc2n[nH]c(C(F)(F)F)n2)c1. The van der Waals surface area contributed by atoms with E-state index in [2.05, 4.69) is 15.4 Å². The fraction of sp³-hybridized carbons (Fsp3) is 0.250. The van der Waals surface area contributed by atoms with Gasteiger partial charge in [-0.3, -0.25) is 15.2 Å². The van der Waals surface area contributed by atoms with E-state index in [1.165, 1.54) is 0 Å². The highest BCUT2D eigenvalue weighted by Crippen LogP contribution is 2.26. The Morgan fingerprint density at radius 1 is 1.43 bits per heavy atom. The number of alkyl halides is 3. The number of H-pyrrole nitrogens is 1. The van der Waals surface area contributed by atoms with E-state index in [9.17, 15) is 18.0 Å². The lowest BCUT2D eigenvalue weighted by Crippen LogP contribution is -2.21. The Morgan fingerprint density at radius 3 is 2.81 bits per heavy atom. The summed E-state index contributed by atoms with van der Waals surface area (Å²) in [6.07, 6.45) is -4.64. The highest BCUT2D eigenvalue weighted by molar-refractivity contribution is 5.90. The van der Waals surface area contributed by atoms with E-state index in [1.807, 2.05) is 13.0 Å². The molecule has 0 saturated carbocycles. The monoisotopic (exact) mass is 300 g/mol. The number of benzene rings is 1. The Bertz CT molecular complexity index is 639. The minimum Gasteiger partial charge on any atom is -0.484 e. The number of nitrogens with zero attached hydrogens (tertiary/aromatic N) is 2. The van der Waals surface area contributed by atoms with E-state index in [-0.39, 0.29) is 6.61 Å². The van der Waals surface area contributed by atoms with Crippen LogP contribution >= 0.6 is 0 Å². The normalized spacial score (nSPS) is 11.2. The summed E-state index contributed by atoms with van der Waals surface area (Å²) in [5.74, 6) is -1.92. The van der Waals surface area contributed by atoms with E-state index in [4.69, 9.17) is 4.74 Å². The molecule has 1 aromatic carbocycles. The van der Waals surface area contributed by atoms with Crippen molar-refractivity contribution in [1.29, 1.82) is 0 Å². The fourth-order valence-corrected chi connectivity index (χ4v) is 1.46. The molecule has 0 radical (unpaired) electrons. The zero-order valence-electron chi connectivity index (χ0n) is 10.9. The van der Waals surface area contributed by atoms with Crippen molar-refractivity contribution in [2.75, 3.05) is 11.9 Å². The van der Waals surface area contributed by atoms with Crippen LogP contribution in [-0.2, 0) is 11.0 Å². The first-order valence-electron chi connectivity index (χ1n) is 5.83. The summed E-state index contributed by atoms with van der Waals surface area (Å²) in [7, 11) is 0. The van der Waals surface area contributed by atoms with Crippen LogP contribution in [0.4, 0.5) is 19.1 Å². The van der Waals surface area contributed by atoms with Crippen LogP contribution in [0.5, 0.6) is 5.75 Å². The van der Waals surface area contributed by atoms with Crippen LogP contribution in [0.15, 0.2) is 24.3 Å². The number of carbonyl (C=O) groups is 1. The number of ether oxygens (including phenoxy) is 1. The largest absolute Gasteiger partial charge is 0.484 e. The van der Waals surface area contributed by atoms with E-state index in [0.29, 0.717) is 5.75 Å². The Morgan fingerprint density at radius 2 is 2.19 bits per heavy atom. The van der Waals surface area contributed by atoms with Gasteiger partial charge in [-0.25, -0.2) is 0 Å². The molecular formula is C12H11F3N4O2. The minimum absolute atomic E-state index is 0.362. The molecular weight excluding hydrogens is 289 g/mol. The molecule has 0 spiro atoms. The molecule has 2 rings (SSSR count). The first-order valence-corrected chi connectivity index (χ1v) is 5.83. The van der Waals surface area contributed by atoms with Gasteiger partial charge in [0, 0.05) is 0 Å². The van der Waals surface area contributed by atoms with Crippen molar-refractivity contribution in [2.24, 2.45) is 0 Å². The topological polar surface area (TPSA) is 79.9 Å². The van der Waals surface area contributed by atoms with Crippen LogP contribution in [0.1, 0.15) is 11.4 Å². The van der Waals surface area contributed by atoms with Crippen molar-refractivity contribution < 1.29 is 22.7 Å². The van der Waals surface area contributed by atoms with Gasteiger partial charge >= 0.3 is 6.18 Å². The lowest BCUT2D eigenvalue weighted by atomic mass is 10.2. The van der Waals surface area contributed by atoms with Crippen molar-refractivity contribution in [3.63, 3.8) is 0 Å². The maximum absolute atomic E-state index is 12.3. The number of hydrogen-bond acceptors (Lipinski definition) is 4. The number of anilines is 1. The Labute approximate surface area is 117 Å². The third-order valence-corrected chi connectivity index (χ3v) is 2.36. The quantitative estimate of drug-likeness (QED) is 0.906. The van der Waals surface area contributed by atoms with E-state index in [1.54, 1.807) is 23.3 Å². The van der Waals surface area contributed by atoms with Gasteiger partial charge < -0.3 is 4.74 Å². The number of nitrogens with one attached hydrogen (secondary N) is 2. The standard InChI is InChI=1S/C12H11F3N4O2/c1-7-3-2-4-8(5-7)21-6-9(20)16-11-17-10(18-19-11)12(13,14)15/h2-5H,6H2,1H3,(H2,16,17,18,19,20). The molecule has 0 bridgehead atoms. The van der Waals surface area contributed by atoms with Crippen LogP contribution in [0.3, 0.4) is 0 Å². The third-order valence-electron chi connectivity index (χ3n) is 2.36. The fourth-order valence-electron chi connectivity index (χ4n) is 1.46. The maximum atomic E-state index is 12.3. The second-order valence-electron chi connectivity index (χ2n) is 4.16. The summed E-state index contributed by atoms with van der Waals surface area (Å²) in [6, 6.07) is 7.00. The molecule has 9 heteroatoms. The van der Waals surface area contributed by atoms with Crippen molar-refractivity contribution in [2.45, 2.75) is 13.1 Å². The average Bonchev–Trinajstić information content (AvgIpc) is 2.85. The van der Waals surface area contributed by atoms with Gasteiger partial charge in [0.25, 0.3) is 5.91 Å². The molecule has 0 fully saturated rings. The van der Waals surface area contributed by atoms with Gasteiger partial charge in [-0.1, -0.05) is 12.1 Å². The Balaban J connectivity index is 1.89. The lowest BCUT2D eigenvalue weighted by molar-refractivity contribution is -0.144. The highest BCUT2D eigenvalue weighted by atomic mass is 19.4. The average molecular weight is 300 g/mol. The first-order chi connectivity index (χ1) is 9.84. The molecule has 2 aromatic rings. The van der Waals surface area contributed by atoms with Gasteiger partial charge in [-0.05, 0) is 24.6 Å². The van der Waals surface area contributed by atoms with Gasteiger partial charge in [0.15, 0.2) is 6.61 Å². The molecule has 2 N–H and O–H groups in total. The van der Waals surface area contributed by atoms with E-state index < -0.39 is 23.9 Å². The number of halogens is 3. The van der Waals surface area contributed by atoms with Crippen molar-refractivity contribution in [3.05, 3.63) is 35.7 Å². The van der Waals surface area contributed by atoms with Crippen LogP contribution < -0.4 is 10.1 Å². The molecule has 1 aromatic heterocycles. The number of aromatic amines is 1. The first kappa shape index (κ1) is 14.8. The second kappa shape index (κ2) is 5.81. The summed E-state index contributed by atoms with van der Waals surface area (Å²) >= 11 is 0. The zero-order chi connectivity index (χ0) is 15.5. The summed E-state index contributed by atoms with van der Waals surface area (Å²) in [5.41, 5.74) is 0.955. The molecule has 1 amide bonds. The van der Waals surface area contributed by atoms with Gasteiger partial charge in [0.05, 0.1) is 0 Å². The lowest BCUT2D eigenvalue weighted by Gasteiger charge is -2.06. The van der Waals surface area contributed by atoms with Gasteiger partial charge in [-0.2, -0.15) is 18.2 Å². The van der Waals surface area contributed by atoms with Crippen molar-refractivity contribution >= 4 is 11.9 Å². The molecule has 0 aliphatic carbocycles. The smallest absolute Gasteiger partial charge is 0.451 e. The molecule has 1 heterocycles. The number of aryl methyl sites for hydroxylation is 1. The van der Waals surface area contributed by atoms with E-state index in [0.717, 1.165) is 5.56 Å². The van der Waals surface area contributed by atoms with Crippen LogP contribution in [0, 0.1) is 6.92 Å². The summed E-state index contributed by atoms with van der Waals surface area (Å²) < 4.78 is 42.0. The van der Waals surface area contributed by atoms with Gasteiger partial charge in [-0.15, -0.1) is 5.10 Å². The molecule has 0 atom stereocenters. The van der Waals surface area contributed by atoms with Crippen LogP contribution in [0.2, 0.25) is 0 Å². The van der Waals surface area contributed by atoms with Crippen LogP contribution in [0.25, 0.3) is 0 Å². The predicted octanol–water partition coefficient (Wildman–Crippen LogP) is 2.15. The number of rotatable bonds is 4. The van der Waals surface area contributed by atoms with Crippen LogP contribution in [-0.4, -0.2) is 27.7 Å². The van der Waals surface area contributed by atoms with Crippen molar-refractivity contribution in [1.82, 2.24) is 15.2 Å². The summed E-state index contributed by atoms with van der Waals surface area (Å²) in [5, 5.41) is 7.04. The molecule has 6 nitrogen and oxygen atoms in total. The molecule has 0 aliphatic rings. The second-order valence-corrected chi connectivity index (χ2v) is 4.16. The molecule has 0 saturated heterocycles. The van der Waals surface area contributed by atoms with E-state index >= 15 is 0 Å². The minimum atomic E-state index is -4.64. The van der Waals surface area contributed by atoms with Gasteiger partial charge in [0.1, 0.15) is 5.75 Å². The maximum Gasteiger partial charge on any atom is 0.451 e. The number of carbonyl (C=O) groups excluding carboxylic acids is 1.